The van der Waals surface area contributed by atoms with Crippen LogP contribution in [0.1, 0.15) is 25.3 Å². The molecule has 0 aliphatic carbocycles. The van der Waals surface area contributed by atoms with Crippen molar-refractivity contribution in [3.63, 3.8) is 0 Å². The molecule has 3 aliphatic heterocycles. The second kappa shape index (κ2) is 7.18. The summed E-state index contributed by atoms with van der Waals surface area (Å²) in [6, 6.07) is -0.226. The Morgan fingerprint density at radius 2 is 2.11 bits per heavy atom. The minimum absolute atomic E-state index is 0.00329. The molecule has 0 saturated carbocycles. The van der Waals surface area contributed by atoms with E-state index in [1.807, 2.05) is 10.9 Å². The molecule has 1 N–H and O–H groups in total. The summed E-state index contributed by atoms with van der Waals surface area (Å²) in [5.74, 6) is 0.0256. The first-order chi connectivity index (χ1) is 12.9. The number of carbonyl (C=O) groups excluding carboxylic acids is 1. The van der Waals surface area contributed by atoms with Crippen LogP contribution in [0.15, 0.2) is 12.4 Å². The molecule has 27 heavy (non-hydrogen) atoms. The number of nitrogens with zero attached hydrogens (tertiary/aromatic N) is 3. The van der Waals surface area contributed by atoms with Crippen LogP contribution < -0.4 is 5.32 Å². The predicted molar refractivity (Wildman–Crippen MR) is 99.7 cm³/mol. The fourth-order valence-corrected chi connectivity index (χ4v) is 6.00. The highest BCUT2D eigenvalue weighted by molar-refractivity contribution is 7.92. The van der Waals surface area contributed by atoms with Gasteiger partial charge in [-0.2, -0.15) is 5.10 Å². The Morgan fingerprint density at radius 1 is 1.37 bits per heavy atom. The highest BCUT2D eigenvalue weighted by Gasteiger charge is 2.51. The van der Waals surface area contributed by atoms with Crippen LogP contribution >= 0.6 is 0 Å². The Morgan fingerprint density at radius 3 is 2.74 bits per heavy atom. The average molecular weight is 397 g/mol. The zero-order valence-corrected chi connectivity index (χ0v) is 16.6. The number of hydrogen-bond donors (Lipinski definition) is 1. The number of rotatable bonds is 5. The van der Waals surface area contributed by atoms with E-state index >= 15 is 0 Å². The lowest BCUT2D eigenvalue weighted by Gasteiger charge is -2.38. The van der Waals surface area contributed by atoms with Crippen molar-refractivity contribution in [1.29, 1.82) is 0 Å². The van der Waals surface area contributed by atoms with Crippen LogP contribution in [0.4, 0.5) is 0 Å². The van der Waals surface area contributed by atoms with E-state index in [9.17, 15) is 13.2 Å². The Kier molecular flexibility index (Phi) is 5.02. The summed E-state index contributed by atoms with van der Waals surface area (Å²) >= 11 is 0. The van der Waals surface area contributed by atoms with Gasteiger partial charge in [-0.05, 0) is 19.8 Å². The Balaban J connectivity index is 1.45. The largest absolute Gasteiger partial charge is 0.381 e. The molecule has 4 rings (SSSR count). The molecular formula is C18H28N4O4S. The Bertz CT molecular complexity index is 788. The number of ether oxygens (including phenoxy) is 1. The first-order valence-electron chi connectivity index (χ1n) is 9.71. The molecule has 3 saturated heterocycles. The first kappa shape index (κ1) is 18.9. The number of aryl methyl sites for hydroxylation is 1. The summed E-state index contributed by atoms with van der Waals surface area (Å²) in [5.41, 5.74) is 1.08. The Hall–Kier alpha value is -1.45. The van der Waals surface area contributed by atoms with Crippen molar-refractivity contribution in [3.05, 3.63) is 18.0 Å². The van der Waals surface area contributed by atoms with E-state index < -0.39 is 9.84 Å². The van der Waals surface area contributed by atoms with E-state index in [0.717, 1.165) is 38.0 Å². The summed E-state index contributed by atoms with van der Waals surface area (Å²) < 4.78 is 30.3. The van der Waals surface area contributed by atoms with Crippen molar-refractivity contribution in [1.82, 2.24) is 20.0 Å². The number of hydrogen-bond acceptors (Lipinski definition) is 6. The summed E-state index contributed by atoms with van der Waals surface area (Å²) in [4.78, 5) is 15.3. The molecule has 0 radical (unpaired) electrons. The molecule has 1 aromatic rings. The zero-order valence-electron chi connectivity index (χ0n) is 15.8. The number of nitrogens with one attached hydrogen (secondary N) is 1. The van der Waals surface area contributed by atoms with Gasteiger partial charge in [0.2, 0.25) is 5.91 Å². The van der Waals surface area contributed by atoms with Crippen molar-refractivity contribution < 1.29 is 17.9 Å². The molecule has 9 heteroatoms. The van der Waals surface area contributed by atoms with Crippen LogP contribution in [-0.2, 0) is 32.5 Å². The third kappa shape index (κ3) is 3.90. The van der Waals surface area contributed by atoms with Crippen molar-refractivity contribution in [2.45, 2.75) is 38.9 Å². The molecule has 3 fully saturated rings. The molecule has 1 unspecified atom stereocenters. The summed E-state index contributed by atoms with van der Waals surface area (Å²) in [5, 5.41) is 7.32. The van der Waals surface area contributed by atoms with Gasteiger partial charge in [0.15, 0.2) is 9.84 Å². The molecule has 8 nitrogen and oxygen atoms in total. The maximum atomic E-state index is 13.0. The van der Waals surface area contributed by atoms with Gasteiger partial charge in [0, 0.05) is 56.6 Å². The molecular weight excluding hydrogens is 368 g/mol. The maximum absolute atomic E-state index is 13.0. The molecule has 0 bridgehead atoms. The van der Waals surface area contributed by atoms with E-state index in [4.69, 9.17) is 4.74 Å². The van der Waals surface area contributed by atoms with Crippen LogP contribution in [0.5, 0.6) is 0 Å². The van der Waals surface area contributed by atoms with Gasteiger partial charge in [-0.1, -0.05) is 0 Å². The first-order valence-corrected chi connectivity index (χ1v) is 11.5. The van der Waals surface area contributed by atoms with Gasteiger partial charge in [0.1, 0.15) is 0 Å². The molecule has 1 amide bonds. The number of likely N-dealkylation sites (tertiary alicyclic amines) is 1. The van der Waals surface area contributed by atoms with E-state index in [-0.39, 0.29) is 34.8 Å². The van der Waals surface area contributed by atoms with Crippen molar-refractivity contribution in [2.75, 3.05) is 37.8 Å². The van der Waals surface area contributed by atoms with E-state index in [2.05, 4.69) is 28.4 Å². The van der Waals surface area contributed by atoms with Crippen LogP contribution in [-0.4, -0.2) is 72.9 Å². The monoisotopic (exact) mass is 396 g/mol. The summed E-state index contributed by atoms with van der Waals surface area (Å²) in [7, 11) is -2.94. The second-order valence-corrected chi connectivity index (χ2v) is 10.3. The van der Waals surface area contributed by atoms with Gasteiger partial charge in [0.05, 0.1) is 29.7 Å². The molecule has 150 valence electrons. The van der Waals surface area contributed by atoms with Crippen molar-refractivity contribution >= 4 is 15.7 Å². The summed E-state index contributed by atoms with van der Waals surface area (Å²) in [6.07, 6.45) is 5.70. The molecule has 1 atom stereocenters. The standard InChI is InChI=1S/C18H28N4O4S/c1-2-22-9-14(7-19-22)8-21-10-16(18(13-21)3-5-26-6-4-18)17(23)20-15-11-27(24,25)12-15/h7,9,15-16H,2-6,8,10-13H2,1H3,(H,20,23). The highest BCUT2D eigenvalue weighted by Crippen LogP contribution is 2.45. The topological polar surface area (TPSA) is 93.5 Å². The van der Waals surface area contributed by atoms with Crippen molar-refractivity contribution in [2.24, 2.45) is 11.3 Å². The molecule has 4 heterocycles. The minimum atomic E-state index is -2.94. The van der Waals surface area contributed by atoms with E-state index in [1.54, 1.807) is 0 Å². The lowest BCUT2D eigenvalue weighted by Crippen LogP contribution is -2.56. The highest BCUT2D eigenvalue weighted by atomic mass is 32.2. The van der Waals surface area contributed by atoms with E-state index in [1.165, 1.54) is 0 Å². The van der Waals surface area contributed by atoms with E-state index in [0.29, 0.717) is 19.8 Å². The second-order valence-electron chi connectivity index (χ2n) is 8.18. The van der Waals surface area contributed by atoms with Gasteiger partial charge in [0.25, 0.3) is 0 Å². The third-order valence-electron chi connectivity index (χ3n) is 6.20. The molecule has 0 aromatic carbocycles. The number of sulfone groups is 1. The Labute approximate surface area is 160 Å². The smallest absolute Gasteiger partial charge is 0.225 e. The van der Waals surface area contributed by atoms with Gasteiger partial charge in [-0.25, -0.2) is 8.42 Å². The molecule has 1 spiro atoms. The maximum Gasteiger partial charge on any atom is 0.225 e. The lowest BCUT2D eigenvalue weighted by atomic mass is 9.71. The van der Waals surface area contributed by atoms with Gasteiger partial charge < -0.3 is 10.1 Å². The summed E-state index contributed by atoms with van der Waals surface area (Å²) in [6.45, 7) is 6.62. The fraction of sp³-hybridized carbons (Fsp3) is 0.778. The van der Waals surface area contributed by atoms with Crippen molar-refractivity contribution in [3.8, 4) is 0 Å². The van der Waals surface area contributed by atoms with Gasteiger partial charge in [-0.3, -0.25) is 14.4 Å². The van der Waals surface area contributed by atoms with Crippen LogP contribution in [0.2, 0.25) is 0 Å². The quantitative estimate of drug-likeness (QED) is 0.756. The minimum Gasteiger partial charge on any atom is -0.381 e. The zero-order chi connectivity index (χ0) is 19.1. The predicted octanol–water partition coefficient (Wildman–Crippen LogP) is 0.0448. The average Bonchev–Trinajstić information content (AvgIpc) is 3.19. The normalized spacial score (nSPS) is 27.5. The molecule has 3 aliphatic rings. The van der Waals surface area contributed by atoms with Crippen LogP contribution in [0.25, 0.3) is 0 Å². The van der Waals surface area contributed by atoms with Crippen LogP contribution in [0, 0.1) is 11.3 Å². The van der Waals surface area contributed by atoms with Gasteiger partial charge in [-0.15, -0.1) is 0 Å². The number of amides is 1. The van der Waals surface area contributed by atoms with Crippen LogP contribution in [0.3, 0.4) is 0 Å². The SMILES string of the molecule is CCn1cc(CN2CC(C(=O)NC3CS(=O)(=O)C3)C3(CCOCC3)C2)cn1. The third-order valence-corrected chi connectivity index (χ3v) is 8.02. The number of aromatic nitrogens is 2. The fourth-order valence-electron chi connectivity index (χ4n) is 4.71. The lowest BCUT2D eigenvalue weighted by molar-refractivity contribution is -0.130. The number of carbonyl (C=O) groups is 1. The molecule has 1 aromatic heterocycles. The van der Waals surface area contributed by atoms with Gasteiger partial charge >= 0.3 is 0 Å².